The van der Waals surface area contributed by atoms with E-state index in [-0.39, 0.29) is 5.82 Å². The lowest BCUT2D eigenvalue weighted by Crippen LogP contribution is -2.09. The second kappa shape index (κ2) is 4.87. The van der Waals surface area contributed by atoms with Crippen LogP contribution >= 0.6 is 0 Å². The first-order valence-electron chi connectivity index (χ1n) is 5.60. The maximum atomic E-state index is 12.3. The molecule has 0 aromatic carbocycles. The summed E-state index contributed by atoms with van der Waals surface area (Å²) < 4.78 is 38.6. The lowest BCUT2D eigenvalue weighted by Gasteiger charge is -2.06. The van der Waals surface area contributed by atoms with Crippen molar-refractivity contribution in [2.45, 2.75) is 19.5 Å². The Morgan fingerprint density at radius 2 is 2.00 bits per heavy atom. The maximum Gasteiger partial charge on any atom is 0.435 e. The number of halogens is 3. The van der Waals surface area contributed by atoms with Crippen molar-refractivity contribution < 1.29 is 13.2 Å². The van der Waals surface area contributed by atoms with Crippen LogP contribution in [0.5, 0.6) is 0 Å². The summed E-state index contributed by atoms with van der Waals surface area (Å²) in [7, 11) is 1.77. The molecule has 0 fully saturated rings. The normalized spacial score (nSPS) is 11.6. The number of hydrogen-bond acceptors (Lipinski definition) is 4. The molecule has 5 nitrogen and oxygen atoms in total. The minimum absolute atomic E-state index is 0.246. The predicted molar refractivity (Wildman–Crippen MR) is 62.9 cm³/mol. The highest BCUT2D eigenvalue weighted by molar-refractivity contribution is 5.57. The number of hydrogen-bond donors (Lipinski definition) is 1. The van der Waals surface area contributed by atoms with E-state index in [9.17, 15) is 13.2 Å². The Labute approximate surface area is 107 Å². The molecule has 0 radical (unpaired) electrons. The molecular weight excluding hydrogens is 259 g/mol. The number of alkyl halides is 3. The van der Waals surface area contributed by atoms with Crippen molar-refractivity contribution in [2.75, 3.05) is 5.32 Å². The van der Waals surface area contributed by atoms with Crippen molar-refractivity contribution in [3.63, 3.8) is 0 Å². The van der Waals surface area contributed by atoms with E-state index < -0.39 is 11.9 Å². The average molecular weight is 271 g/mol. The molecule has 8 heteroatoms. The van der Waals surface area contributed by atoms with E-state index in [1.54, 1.807) is 17.9 Å². The first-order chi connectivity index (χ1) is 8.90. The van der Waals surface area contributed by atoms with Crippen molar-refractivity contribution in [1.82, 2.24) is 20.0 Å². The summed E-state index contributed by atoms with van der Waals surface area (Å²) in [5.74, 6) is 0.246. The van der Waals surface area contributed by atoms with Gasteiger partial charge >= 0.3 is 6.18 Å². The van der Waals surface area contributed by atoms with E-state index in [0.717, 1.165) is 11.8 Å². The Morgan fingerprint density at radius 3 is 2.53 bits per heavy atom. The summed E-state index contributed by atoms with van der Waals surface area (Å²) in [6, 6.07) is 2.12. The number of nitrogens with one attached hydrogen (secondary N) is 1. The zero-order valence-corrected chi connectivity index (χ0v) is 10.4. The second-order valence-corrected chi connectivity index (χ2v) is 3.94. The van der Waals surface area contributed by atoms with E-state index in [4.69, 9.17) is 0 Å². The van der Waals surface area contributed by atoms with Crippen LogP contribution in [-0.2, 0) is 19.6 Å². The van der Waals surface area contributed by atoms with E-state index in [1.165, 1.54) is 6.07 Å². The fourth-order valence-corrected chi connectivity index (χ4v) is 1.59. The van der Waals surface area contributed by atoms with Crippen molar-refractivity contribution in [3.05, 3.63) is 29.7 Å². The fraction of sp³-hybridized carbons (Fsp3) is 0.364. The van der Waals surface area contributed by atoms with Crippen LogP contribution in [-0.4, -0.2) is 20.0 Å². The molecule has 0 unspecified atom stereocenters. The van der Waals surface area contributed by atoms with Crippen LogP contribution in [0.3, 0.4) is 0 Å². The number of rotatable bonds is 3. The molecule has 0 spiro atoms. The van der Waals surface area contributed by atoms with Gasteiger partial charge in [-0.05, 0) is 18.6 Å². The van der Waals surface area contributed by atoms with Gasteiger partial charge in [-0.15, -0.1) is 10.2 Å². The van der Waals surface area contributed by atoms with Gasteiger partial charge in [-0.3, -0.25) is 4.68 Å². The van der Waals surface area contributed by atoms with Gasteiger partial charge in [0.25, 0.3) is 0 Å². The van der Waals surface area contributed by atoms with Crippen LogP contribution < -0.4 is 5.32 Å². The summed E-state index contributed by atoms with van der Waals surface area (Å²) in [4.78, 5) is 0. The minimum Gasteiger partial charge on any atom is -0.336 e. The predicted octanol–water partition coefficient (Wildman–Crippen LogP) is 2.53. The van der Waals surface area contributed by atoms with Gasteiger partial charge in [0.2, 0.25) is 0 Å². The fourth-order valence-electron chi connectivity index (χ4n) is 1.59. The third-order valence-corrected chi connectivity index (χ3v) is 2.46. The van der Waals surface area contributed by atoms with Crippen LogP contribution in [0.15, 0.2) is 18.3 Å². The van der Waals surface area contributed by atoms with Crippen LogP contribution in [0.25, 0.3) is 0 Å². The number of anilines is 2. The Bertz CT molecular complexity index is 559. The van der Waals surface area contributed by atoms with Gasteiger partial charge < -0.3 is 5.32 Å². The largest absolute Gasteiger partial charge is 0.435 e. The zero-order chi connectivity index (χ0) is 14.0. The Kier molecular flexibility index (Phi) is 3.41. The number of aromatic nitrogens is 4. The number of nitrogens with zero attached hydrogens (tertiary/aromatic N) is 4. The number of aryl methyl sites for hydroxylation is 2. The van der Waals surface area contributed by atoms with Gasteiger partial charge in [0, 0.05) is 13.2 Å². The maximum absolute atomic E-state index is 12.3. The van der Waals surface area contributed by atoms with Crippen molar-refractivity contribution in [2.24, 2.45) is 7.05 Å². The topological polar surface area (TPSA) is 55.6 Å². The quantitative estimate of drug-likeness (QED) is 0.932. The first kappa shape index (κ1) is 13.3. The third kappa shape index (κ3) is 3.01. The van der Waals surface area contributed by atoms with Crippen LogP contribution in [0.1, 0.15) is 18.3 Å². The van der Waals surface area contributed by atoms with Crippen LogP contribution in [0.2, 0.25) is 0 Å². The zero-order valence-electron chi connectivity index (χ0n) is 10.4. The van der Waals surface area contributed by atoms with Gasteiger partial charge in [0.1, 0.15) is 0 Å². The Balaban J connectivity index is 2.19. The van der Waals surface area contributed by atoms with Gasteiger partial charge in [-0.25, -0.2) is 0 Å². The average Bonchev–Trinajstić information content (AvgIpc) is 2.69. The molecule has 0 saturated heterocycles. The molecule has 102 valence electrons. The molecule has 0 aliphatic heterocycles. The summed E-state index contributed by atoms with van der Waals surface area (Å²) in [5, 5.41) is 13.8. The second-order valence-electron chi connectivity index (χ2n) is 3.94. The standard InChI is InChI=1S/C11H12F3N5/c1-3-7-8(6-19(2)18-7)15-10-5-4-9(16-17-10)11(12,13)14/h4-6H,3H2,1-2H3,(H,15,17). The van der Waals surface area contributed by atoms with Crippen LogP contribution in [0, 0.1) is 0 Å². The SMILES string of the molecule is CCc1nn(C)cc1Nc1ccc(C(F)(F)F)nn1. The Morgan fingerprint density at radius 1 is 1.26 bits per heavy atom. The van der Waals surface area contributed by atoms with Crippen molar-refractivity contribution >= 4 is 11.5 Å². The van der Waals surface area contributed by atoms with Crippen LogP contribution in [0.4, 0.5) is 24.7 Å². The highest BCUT2D eigenvalue weighted by Crippen LogP contribution is 2.27. The molecule has 19 heavy (non-hydrogen) atoms. The molecule has 0 aliphatic carbocycles. The van der Waals surface area contributed by atoms with Crippen molar-refractivity contribution in [1.29, 1.82) is 0 Å². The van der Waals surface area contributed by atoms with E-state index in [0.29, 0.717) is 12.1 Å². The minimum atomic E-state index is -4.48. The summed E-state index contributed by atoms with van der Waals surface area (Å²) in [6.45, 7) is 1.94. The summed E-state index contributed by atoms with van der Waals surface area (Å²) in [6.07, 6.45) is -2.04. The molecule has 0 saturated carbocycles. The molecule has 0 aliphatic rings. The van der Waals surface area contributed by atoms with E-state index in [2.05, 4.69) is 20.6 Å². The molecule has 0 bridgehead atoms. The van der Waals surface area contributed by atoms with E-state index >= 15 is 0 Å². The Hall–Kier alpha value is -2.12. The van der Waals surface area contributed by atoms with E-state index in [1.807, 2.05) is 6.92 Å². The lowest BCUT2D eigenvalue weighted by molar-refractivity contribution is -0.141. The molecular formula is C11H12F3N5. The molecule has 2 aromatic rings. The van der Waals surface area contributed by atoms with Gasteiger partial charge in [0.15, 0.2) is 11.5 Å². The monoisotopic (exact) mass is 271 g/mol. The summed E-state index contributed by atoms with van der Waals surface area (Å²) in [5.41, 5.74) is 0.503. The highest BCUT2D eigenvalue weighted by Gasteiger charge is 2.32. The van der Waals surface area contributed by atoms with Gasteiger partial charge in [-0.2, -0.15) is 18.3 Å². The first-order valence-corrected chi connectivity index (χ1v) is 5.60. The third-order valence-electron chi connectivity index (χ3n) is 2.46. The lowest BCUT2D eigenvalue weighted by atomic mass is 10.3. The molecule has 2 heterocycles. The molecule has 2 rings (SSSR count). The smallest absolute Gasteiger partial charge is 0.336 e. The summed E-state index contributed by atoms with van der Waals surface area (Å²) >= 11 is 0. The van der Waals surface area contributed by atoms with Crippen molar-refractivity contribution in [3.8, 4) is 0 Å². The van der Waals surface area contributed by atoms with Gasteiger partial charge in [-0.1, -0.05) is 6.92 Å². The molecule has 2 aromatic heterocycles. The highest BCUT2D eigenvalue weighted by atomic mass is 19.4. The van der Waals surface area contributed by atoms with Gasteiger partial charge in [0.05, 0.1) is 11.4 Å². The molecule has 1 N–H and O–H groups in total. The molecule has 0 atom stereocenters. The molecule has 0 amide bonds.